The lowest BCUT2D eigenvalue weighted by Gasteiger charge is -1.97. The van der Waals surface area contributed by atoms with E-state index in [0.29, 0.717) is 22.8 Å². The largest absolute Gasteiger partial charge is 0.469 e. The Kier molecular flexibility index (Phi) is 4.20. The molecule has 1 aliphatic rings. The van der Waals surface area contributed by atoms with Crippen LogP contribution in [0.15, 0.2) is 9.79 Å². The highest BCUT2D eigenvalue weighted by Gasteiger charge is 2.20. The Morgan fingerprint density at radius 3 is 2.86 bits per heavy atom. The predicted molar refractivity (Wildman–Crippen MR) is 81.4 cm³/mol. The van der Waals surface area contributed by atoms with Gasteiger partial charge in [-0.15, -0.1) is 11.3 Å². The molecule has 22 heavy (non-hydrogen) atoms. The summed E-state index contributed by atoms with van der Waals surface area (Å²) in [5, 5.41) is -0.492. The molecule has 3 heterocycles. The van der Waals surface area contributed by atoms with E-state index >= 15 is 0 Å². The number of fused-ring (bicyclic) bond motifs is 1. The summed E-state index contributed by atoms with van der Waals surface area (Å²) in [4.78, 5) is 27.9. The minimum absolute atomic E-state index is 0.0328. The Balaban J connectivity index is 2.07. The van der Waals surface area contributed by atoms with Crippen molar-refractivity contribution in [3.05, 3.63) is 29.5 Å². The molecular formula is C12H11ClFN3O3S2. The van der Waals surface area contributed by atoms with Gasteiger partial charge < -0.3 is 4.74 Å². The van der Waals surface area contributed by atoms with Crippen LogP contribution in [0.1, 0.15) is 11.3 Å². The Morgan fingerprint density at radius 1 is 1.41 bits per heavy atom. The molecule has 2 aromatic rings. The van der Waals surface area contributed by atoms with Crippen molar-refractivity contribution >= 4 is 45.9 Å². The summed E-state index contributed by atoms with van der Waals surface area (Å²) >= 11 is 7.83. The van der Waals surface area contributed by atoms with Crippen LogP contribution in [-0.2, 0) is 29.0 Å². The molecule has 0 N–H and O–H groups in total. The summed E-state index contributed by atoms with van der Waals surface area (Å²) < 4.78 is 21.9. The number of rotatable bonds is 3. The summed E-state index contributed by atoms with van der Waals surface area (Å²) in [6, 6.07) is 0. The van der Waals surface area contributed by atoms with E-state index in [-0.39, 0.29) is 22.0 Å². The molecule has 0 spiro atoms. The summed E-state index contributed by atoms with van der Waals surface area (Å²) in [5.41, 5.74) is -0.0328. The molecule has 3 rings (SSSR count). The van der Waals surface area contributed by atoms with Crippen molar-refractivity contribution in [2.45, 2.75) is 25.9 Å². The van der Waals surface area contributed by atoms with Crippen LogP contribution in [0.2, 0.25) is 5.02 Å². The van der Waals surface area contributed by atoms with Gasteiger partial charge in [-0.1, -0.05) is 11.6 Å². The fourth-order valence-corrected chi connectivity index (χ4v) is 4.27. The fourth-order valence-electron chi connectivity index (χ4n) is 2.19. The van der Waals surface area contributed by atoms with E-state index < -0.39 is 11.1 Å². The zero-order valence-electron chi connectivity index (χ0n) is 11.5. The number of hydrogen-bond acceptors (Lipinski definition) is 6. The molecule has 0 saturated carbocycles. The smallest absolute Gasteiger partial charge is 0.325 e. The molecule has 0 amide bonds. The maximum Gasteiger partial charge on any atom is 0.325 e. The second kappa shape index (κ2) is 5.98. The predicted octanol–water partition coefficient (Wildman–Crippen LogP) is 1.92. The number of methoxy groups -OCH3 is 1. The van der Waals surface area contributed by atoms with E-state index in [2.05, 4.69) is 9.73 Å². The molecule has 0 radical (unpaired) electrons. The first kappa shape index (κ1) is 15.4. The van der Waals surface area contributed by atoms with Crippen LogP contribution in [-0.4, -0.2) is 22.4 Å². The molecule has 118 valence electrons. The molecule has 0 fully saturated rings. The second-order valence-electron chi connectivity index (χ2n) is 4.58. The van der Waals surface area contributed by atoms with Gasteiger partial charge in [-0.2, -0.15) is 4.39 Å². The zero-order chi connectivity index (χ0) is 15.9. The SMILES string of the molecule is COC(=O)Cc1sc(F)c(N=c2sc(=O)n3n2CCC3)c1Cl. The normalized spacial score (nSPS) is 14.4. The first-order valence-corrected chi connectivity index (χ1v) is 8.41. The summed E-state index contributed by atoms with van der Waals surface area (Å²) in [5.74, 6) is -0.501. The van der Waals surface area contributed by atoms with Crippen molar-refractivity contribution in [1.82, 2.24) is 9.36 Å². The first-order valence-electron chi connectivity index (χ1n) is 6.40. The number of aromatic nitrogens is 2. The summed E-state index contributed by atoms with van der Waals surface area (Å²) in [6.45, 7) is 1.30. The van der Waals surface area contributed by atoms with Gasteiger partial charge in [-0.05, 0) is 17.8 Å². The second-order valence-corrected chi connectivity index (χ2v) is 6.93. The van der Waals surface area contributed by atoms with E-state index in [1.54, 1.807) is 9.36 Å². The Labute approximate surface area is 137 Å². The van der Waals surface area contributed by atoms with Crippen molar-refractivity contribution in [1.29, 1.82) is 0 Å². The van der Waals surface area contributed by atoms with E-state index in [1.165, 1.54) is 7.11 Å². The third-order valence-electron chi connectivity index (χ3n) is 3.23. The van der Waals surface area contributed by atoms with E-state index in [0.717, 1.165) is 29.1 Å². The molecule has 1 aliphatic heterocycles. The van der Waals surface area contributed by atoms with E-state index in [1.807, 2.05) is 0 Å². The average molecular weight is 364 g/mol. The highest BCUT2D eigenvalue weighted by molar-refractivity contribution is 7.11. The minimum Gasteiger partial charge on any atom is -0.469 e. The van der Waals surface area contributed by atoms with Crippen LogP contribution in [0.25, 0.3) is 0 Å². The van der Waals surface area contributed by atoms with Gasteiger partial charge in [-0.25, -0.2) is 9.67 Å². The maximum absolute atomic E-state index is 14.1. The average Bonchev–Trinajstić information content (AvgIpc) is 3.13. The van der Waals surface area contributed by atoms with Gasteiger partial charge in [0.1, 0.15) is 5.69 Å². The number of hydrogen-bond donors (Lipinski definition) is 0. The van der Waals surface area contributed by atoms with Gasteiger partial charge in [0.2, 0.25) is 9.93 Å². The molecule has 0 unspecified atom stereocenters. The minimum atomic E-state index is -0.581. The molecule has 0 aliphatic carbocycles. The van der Waals surface area contributed by atoms with Gasteiger partial charge >= 0.3 is 10.8 Å². The summed E-state index contributed by atoms with van der Waals surface area (Å²) in [7, 11) is 1.25. The molecule has 0 bridgehead atoms. The zero-order valence-corrected chi connectivity index (χ0v) is 13.9. The van der Waals surface area contributed by atoms with Crippen LogP contribution < -0.4 is 9.67 Å². The monoisotopic (exact) mass is 363 g/mol. The number of ether oxygens (including phenoxy) is 1. The Bertz CT molecular complexity index is 864. The number of thiophene rings is 1. The first-order chi connectivity index (χ1) is 10.5. The van der Waals surface area contributed by atoms with E-state index in [4.69, 9.17) is 11.6 Å². The molecule has 6 nitrogen and oxygen atoms in total. The lowest BCUT2D eigenvalue weighted by molar-refractivity contribution is -0.139. The fraction of sp³-hybridized carbons (Fsp3) is 0.417. The van der Waals surface area contributed by atoms with Crippen LogP contribution in [0.4, 0.5) is 10.1 Å². The number of carbonyl (C=O) groups is 1. The molecule has 0 aromatic carbocycles. The van der Waals surface area contributed by atoms with E-state index in [9.17, 15) is 14.0 Å². The van der Waals surface area contributed by atoms with Gasteiger partial charge in [0.05, 0.1) is 18.6 Å². The van der Waals surface area contributed by atoms with Crippen LogP contribution >= 0.6 is 34.3 Å². The van der Waals surface area contributed by atoms with Gasteiger partial charge in [0, 0.05) is 18.0 Å². The number of esters is 1. The molecule has 0 atom stereocenters. The van der Waals surface area contributed by atoms with Gasteiger partial charge in [0.15, 0.2) is 0 Å². The maximum atomic E-state index is 14.1. The Morgan fingerprint density at radius 2 is 2.14 bits per heavy atom. The standard InChI is InChI=1S/C12H11ClFN3O3S2/c1-20-7(18)5-6-8(13)9(10(14)21-6)15-11-16-3-2-4-17(16)12(19)22-11/h2-5H2,1H3. The number of nitrogens with zero attached hydrogens (tertiary/aromatic N) is 3. The number of halogens is 2. The molecule has 10 heteroatoms. The highest BCUT2D eigenvalue weighted by Crippen LogP contribution is 2.38. The molecule has 2 aromatic heterocycles. The molecule has 0 saturated heterocycles. The quantitative estimate of drug-likeness (QED) is 0.782. The van der Waals surface area contributed by atoms with Crippen molar-refractivity contribution in [2.75, 3.05) is 7.11 Å². The Hall–Kier alpha value is -1.45. The lowest BCUT2D eigenvalue weighted by Crippen LogP contribution is -2.19. The lowest BCUT2D eigenvalue weighted by atomic mass is 10.3. The van der Waals surface area contributed by atoms with Crippen molar-refractivity contribution < 1.29 is 13.9 Å². The summed E-state index contributed by atoms with van der Waals surface area (Å²) in [6.07, 6.45) is 0.739. The van der Waals surface area contributed by atoms with Crippen LogP contribution in [0, 0.1) is 5.13 Å². The third kappa shape index (κ3) is 2.64. The topological polar surface area (TPSA) is 65.6 Å². The van der Waals surface area contributed by atoms with Gasteiger partial charge in [0.25, 0.3) is 0 Å². The van der Waals surface area contributed by atoms with Crippen LogP contribution in [0.3, 0.4) is 0 Å². The highest BCUT2D eigenvalue weighted by atomic mass is 35.5. The third-order valence-corrected chi connectivity index (χ3v) is 5.59. The van der Waals surface area contributed by atoms with Crippen molar-refractivity contribution in [3.63, 3.8) is 0 Å². The number of carbonyl (C=O) groups excluding carboxylic acids is 1. The van der Waals surface area contributed by atoms with Crippen molar-refractivity contribution in [2.24, 2.45) is 4.99 Å². The van der Waals surface area contributed by atoms with Crippen molar-refractivity contribution in [3.8, 4) is 0 Å². The van der Waals surface area contributed by atoms with Crippen LogP contribution in [0.5, 0.6) is 0 Å². The van der Waals surface area contributed by atoms with Gasteiger partial charge in [-0.3, -0.25) is 14.3 Å². The molecular weight excluding hydrogens is 353 g/mol.